The number of aryl methyl sites for hydroxylation is 1. The number of carbonyl (C=O) groups excluding carboxylic acids is 1. The molecule has 3 heteroatoms. The molecule has 1 N–H and O–H groups in total. The Kier molecular flexibility index (Phi) is 5.71. The van der Waals surface area contributed by atoms with Crippen molar-refractivity contribution in [3.63, 3.8) is 0 Å². The van der Waals surface area contributed by atoms with Gasteiger partial charge in [-0.3, -0.25) is 4.79 Å². The SMILES string of the molecule is CCCCCCC(=O)O[C@@H]1CC[C@H]2[C@@H]3CCc4cc(O)ccc4[C@H]3CC[C@]12C. The van der Waals surface area contributed by atoms with Gasteiger partial charge in [-0.15, -0.1) is 0 Å². The molecule has 2 fully saturated rings. The summed E-state index contributed by atoms with van der Waals surface area (Å²) in [5.74, 6) is 2.39. The summed E-state index contributed by atoms with van der Waals surface area (Å²) in [5.41, 5.74) is 2.96. The van der Waals surface area contributed by atoms with Gasteiger partial charge in [-0.25, -0.2) is 0 Å². The maximum Gasteiger partial charge on any atom is 0.306 e. The van der Waals surface area contributed by atoms with Crippen molar-refractivity contribution in [3.8, 4) is 5.75 Å². The van der Waals surface area contributed by atoms with Crippen molar-refractivity contribution in [2.24, 2.45) is 17.3 Å². The van der Waals surface area contributed by atoms with E-state index in [4.69, 9.17) is 4.74 Å². The number of phenolic OH excluding ortho intramolecular Hbond substituents is 1. The molecule has 5 atom stereocenters. The number of ether oxygens (including phenoxy) is 1. The number of phenols is 1. The van der Waals surface area contributed by atoms with Gasteiger partial charge in [0.05, 0.1) is 0 Å². The van der Waals surface area contributed by atoms with E-state index in [0.29, 0.717) is 29.9 Å². The van der Waals surface area contributed by atoms with Gasteiger partial charge in [0, 0.05) is 11.8 Å². The number of fused-ring (bicyclic) bond motifs is 5. The summed E-state index contributed by atoms with van der Waals surface area (Å²) in [7, 11) is 0. The van der Waals surface area contributed by atoms with Gasteiger partial charge in [-0.2, -0.15) is 0 Å². The van der Waals surface area contributed by atoms with Crippen LogP contribution in [0.2, 0.25) is 0 Å². The normalized spacial score (nSPS) is 33.6. The summed E-state index contributed by atoms with van der Waals surface area (Å²) in [5, 5.41) is 9.84. The first kappa shape index (κ1) is 19.8. The van der Waals surface area contributed by atoms with Crippen LogP contribution in [0.15, 0.2) is 18.2 Å². The maximum absolute atomic E-state index is 12.4. The fourth-order valence-electron chi connectivity index (χ4n) is 6.63. The van der Waals surface area contributed by atoms with Gasteiger partial charge < -0.3 is 9.84 Å². The van der Waals surface area contributed by atoms with E-state index in [2.05, 4.69) is 19.9 Å². The van der Waals surface area contributed by atoms with Gasteiger partial charge in [0.25, 0.3) is 0 Å². The largest absolute Gasteiger partial charge is 0.508 e. The number of unbranched alkanes of at least 4 members (excludes halogenated alkanes) is 3. The van der Waals surface area contributed by atoms with E-state index in [1.54, 1.807) is 0 Å². The quantitative estimate of drug-likeness (QED) is 0.474. The number of aromatic hydroxyl groups is 1. The minimum absolute atomic E-state index is 0.0227. The Balaban J connectivity index is 1.42. The number of esters is 1. The van der Waals surface area contributed by atoms with Crippen LogP contribution in [-0.4, -0.2) is 17.2 Å². The van der Waals surface area contributed by atoms with Crippen LogP contribution in [0.1, 0.15) is 95.1 Å². The summed E-state index contributed by atoms with van der Waals surface area (Å²) in [4.78, 5) is 12.4. The molecule has 0 saturated heterocycles. The summed E-state index contributed by atoms with van der Waals surface area (Å²) in [6.45, 7) is 4.59. The minimum atomic E-state index is 0.0227. The van der Waals surface area contributed by atoms with E-state index in [1.807, 2.05) is 12.1 Å². The van der Waals surface area contributed by atoms with Crippen LogP contribution in [0.5, 0.6) is 5.75 Å². The highest BCUT2D eigenvalue weighted by Gasteiger charge is 2.56. The minimum Gasteiger partial charge on any atom is -0.508 e. The highest BCUT2D eigenvalue weighted by Crippen LogP contribution is 2.61. The zero-order valence-electron chi connectivity index (χ0n) is 17.6. The number of hydrogen-bond acceptors (Lipinski definition) is 3. The summed E-state index contributed by atoms with van der Waals surface area (Å²) in [6.07, 6.45) is 12.0. The van der Waals surface area contributed by atoms with Crippen LogP contribution in [0.25, 0.3) is 0 Å². The van der Waals surface area contributed by atoms with E-state index >= 15 is 0 Å². The molecule has 0 aliphatic heterocycles. The highest BCUT2D eigenvalue weighted by molar-refractivity contribution is 5.69. The molecule has 0 aromatic heterocycles. The van der Waals surface area contributed by atoms with E-state index in [9.17, 15) is 9.90 Å². The topological polar surface area (TPSA) is 46.5 Å². The van der Waals surface area contributed by atoms with E-state index in [1.165, 1.54) is 43.2 Å². The standard InChI is InChI=1S/C25H36O3/c1-3-4-5-6-7-24(27)28-23-13-12-22-21-10-8-17-16-18(26)9-11-19(17)20(21)14-15-25(22,23)2/h9,11,16,20-23,26H,3-8,10,12-15H2,1-2H3/t20-,21-,22+,23-,25+/m1/s1. The molecular formula is C25H36O3. The van der Waals surface area contributed by atoms with Gasteiger partial charge >= 0.3 is 5.97 Å². The second kappa shape index (κ2) is 8.08. The van der Waals surface area contributed by atoms with Crippen LogP contribution in [0.3, 0.4) is 0 Å². The molecule has 3 aliphatic rings. The van der Waals surface area contributed by atoms with Crippen LogP contribution in [0.4, 0.5) is 0 Å². The molecule has 0 heterocycles. The number of carbonyl (C=O) groups is 1. The first-order chi connectivity index (χ1) is 13.5. The number of benzene rings is 1. The molecule has 0 radical (unpaired) electrons. The molecule has 28 heavy (non-hydrogen) atoms. The Morgan fingerprint density at radius 1 is 1.18 bits per heavy atom. The van der Waals surface area contributed by atoms with Gasteiger partial charge in [-0.1, -0.05) is 39.2 Å². The second-order valence-corrected chi connectivity index (χ2v) is 9.71. The fraction of sp³-hybridized carbons (Fsp3) is 0.720. The lowest BCUT2D eigenvalue weighted by Crippen LogP contribution is -2.45. The van der Waals surface area contributed by atoms with E-state index in [-0.39, 0.29) is 17.5 Å². The summed E-state index contributed by atoms with van der Waals surface area (Å²) >= 11 is 0. The number of rotatable bonds is 6. The van der Waals surface area contributed by atoms with Gasteiger partial charge in [-0.05, 0) is 86.0 Å². The average Bonchev–Trinajstić information content (AvgIpc) is 3.01. The Bertz CT molecular complexity index is 712. The monoisotopic (exact) mass is 384 g/mol. The average molecular weight is 385 g/mol. The van der Waals surface area contributed by atoms with Gasteiger partial charge in [0.1, 0.15) is 11.9 Å². The molecule has 0 amide bonds. The van der Waals surface area contributed by atoms with Crippen LogP contribution >= 0.6 is 0 Å². The summed E-state index contributed by atoms with van der Waals surface area (Å²) < 4.78 is 6.06. The molecule has 0 bridgehead atoms. The molecule has 0 spiro atoms. The lowest BCUT2D eigenvalue weighted by molar-refractivity contribution is -0.157. The third kappa shape index (κ3) is 3.57. The molecule has 1 aromatic rings. The lowest BCUT2D eigenvalue weighted by Gasteiger charge is -2.50. The first-order valence-electron chi connectivity index (χ1n) is 11.5. The Labute approximate surface area is 169 Å². The molecule has 2 saturated carbocycles. The zero-order chi connectivity index (χ0) is 19.7. The third-order valence-corrected chi connectivity index (χ3v) is 8.13. The van der Waals surface area contributed by atoms with Gasteiger partial charge in [0.15, 0.2) is 0 Å². The molecule has 4 rings (SSSR count). The van der Waals surface area contributed by atoms with Crippen molar-refractivity contribution in [1.29, 1.82) is 0 Å². The molecule has 3 nitrogen and oxygen atoms in total. The predicted octanol–water partition coefficient (Wildman–Crippen LogP) is 6.13. The highest BCUT2D eigenvalue weighted by atomic mass is 16.5. The molecule has 1 aromatic carbocycles. The maximum atomic E-state index is 12.4. The Morgan fingerprint density at radius 3 is 2.86 bits per heavy atom. The van der Waals surface area contributed by atoms with Crippen molar-refractivity contribution in [3.05, 3.63) is 29.3 Å². The Morgan fingerprint density at radius 2 is 2.04 bits per heavy atom. The second-order valence-electron chi connectivity index (χ2n) is 9.71. The zero-order valence-corrected chi connectivity index (χ0v) is 17.6. The van der Waals surface area contributed by atoms with Crippen molar-refractivity contribution >= 4 is 5.97 Å². The van der Waals surface area contributed by atoms with Crippen molar-refractivity contribution in [2.45, 2.75) is 96.5 Å². The van der Waals surface area contributed by atoms with Gasteiger partial charge in [0.2, 0.25) is 0 Å². The molecule has 3 aliphatic carbocycles. The lowest BCUT2D eigenvalue weighted by atomic mass is 9.55. The van der Waals surface area contributed by atoms with Crippen molar-refractivity contribution in [2.75, 3.05) is 0 Å². The Hall–Kier alpha value is -1.51. The molecular weight excluding hydrogens is 348 g/mol. The van der Waals surface area contributed by atoms with E-state index in [0.717, 1.165) is 32.1 Å². The van der Waals surface area contributed by atoms with Crippen molar-refractivity contribution in [1.82, 2.24) is 0 Å². The predicted molar refractivity (Wildman–Crippen MR) is 111 cm³/mol. The first-order valence-corrected chi connectivity index (χ1v) is 11.5. The van der Waals surface area contributed by atoms with E-state index < -0.39 is 0 Å². The van der Waals surface area contributed by atoms with Crippen LogP contribution < -0.4 is 0 Å². The fourth-order valence-corrected chi connectivity index (χ4v) is 6.63. The van der Waals surface area contributed by atoms with Crippen molar-refractivity contribution < 1.29 is 14.6 Å². The third-order valence-electron chi connectivity index (χ3n) is 8.13. The molecule has 0 unspecified atom stereocenters. The van der Waals surface area contributed by atoms with Crippen LogP contribution in [0, 0.1) is 17.3 Å². The smallest absolute Gasteiger partial charge is 0.306 e. The summed E-state index contributed by atoms with van der Waals surface area (Å²) in [6, 6.07) is 5.98. The number of hydrogen-bond donors (Lipinski definition) is 1. The van der Waals surface area contributed by atoms with Crippen LogP contribution in [-0.2, 0) is 16.0 Å². The molecule has 154 valence electrons.